The van der Waals surface area contributed by atoms with Crippen LogP contribution in [0, 0.1) is 0 Å². The van der Waals surface area contributed by atoms with E-state index in [-0.39, 0.29) is 11.3 Å². The van der Waals surface area contributed by atoms with Crippen LogP contribution in [0.3, 0.4) is 0 Å². The molecule has 0 saturated carbocycles. The highest BCUT2D eigenvalue weighted by Gasteiger charge is 2.22. The molecule has 1 N–H and O–H groups in total. The van der Waals surface area contributed by atoms with Crippen LogP contribution in [0.25, 0.3) is 0 Å². The van der Waals surface area contributed by atoms with Crippen LogP contribution in [-0.4, -0.2) is 52.1 Å². The number of H-pyrrole nitrogens is 1. The van der Waals surface area contributed by atoms with E-state index in [2.05, 4.69) is 41.9 Å². The van der Waals surface area contributed by atoms with Gasteiger partial charge in [-0.15, -0.1) is 0 Å². The summed E-state index contributed by atoms with van der Waals surface area (Å²) in [5, 5.41) is 11.5. The van der Waals surface area contributed by atoms with Crippen LogP contribution in [-0.2, 0) is 12.0 Å². The summed E-state index contributed by atoms with van der Waals surface area (Å²) >= 11 is 1.57. The van der Waals surface area contributed by atoms with Crippen molar-refractivity contribution >= 4 is 17.2 Å². The Labute approximate surface area is 147 Å². The van der Waals surface area contributed by atoms with Crippen molar-refractivity contribution in [2.45, 2.75) is 39.2 Å². The average molecular weight is 347 g/mol. The fourth-order valence-corrected chi connectivity index (χ4v) is 3.60. The molecule has 3 rings (SSSR count). The molecule has 130 valence electrons. The van der Waals surface area contributed by atoms with Gasteiger partial charge in [-0.2, -0.15) is 16.4 Å². The van der Waals surface area contributed by atoms with Crippen molar-refractivity contribution in [3.63, 3.8) is 0 Å². The highest BCUT2D eigenvalue weighted by molar-refractivity contribution is 7.08. The van der Waals surface area contributed by atoms with Gasteiger partial charge in [-0.25, -0.2) is 0 Å². The third-order valence-electron chi connectivity index (χ3n) is 4.44. The lowest BCUT2D eigenvalue weighted by Gasteiger charge is -2.21. The van der Waals surface area contributed by atoms with Crippen molar-refractivity contribution in [3.8, 4) is 0 Å². The normalized spacial score (nSPS) is 17.0. The van der Waals surface area contributed by atoms with Crippen LogP contribution in [0.1, 0.15) is 48.9 Å². The molecule has 0 bridgehead atoms. The van der Waals surface area contributed by atoms with Gasteiger partial charge in [-0.1, -0.05) is 20.8 Å². The summed E-state index contributed by atoms with van der Waals surface area (Å²) in [6.07, 6.45) is 1.01. The average Bonchev–Trinajstić information content (AvgIpc) is 3.15. The van der Waals surface area contributed by atoms with Crippen molar-refractivity contribution in [2.24, 2.45) is 0 Å². The number of amides is 1. The first-order chi connectivity index (χ1) is 11.4. The summed E-state index contributed by atoms with van der Waals surface area (Å²) < 4.78 is 0. The van der Waals surface area contributed by atoms with Gasteiger partial charge < -0.3 is 4.90 Å². The Bertz CT molecular complexity index is 672. The number of thiophene rings is 1. The smallest absolute Gasteiger partial charge is 0.254 e. The van der Waals surface area contributed by atoms with Gasteiger partial charge in [0, 0.05) is 49.2 Å². The number of hydrogen-bond acceptors (Lipinski definition) is 4. The predicted octanol–water partition coefficient (Wildman–Crippen LogP) is 3.12. The van der Waals surface area contributed by atoms with Gasteiger partial charge in [0.05, 0.1) is 11.3 Å². The number of rotatable bonds is 3. The molecule has 0 spiro atoms. The van der Waals surface area contributed by atoms with E-state index in [1.54, 1.807) is 11.3 Å². The molecule has 6 heteroatoms. The van der Waals surface area contributed by atoms with Gasteiger partial charge in [0.1, 0.15) is 0 Å². The van der Waals surface area contributed by atoms with Gasteiger partial charge in [-0.05, 0) is 23.9 Å². The van der Waals surface area contributed by atoms with E-state index in [0.717, 1.165) is 56.1 Å². The standard InChI is InChI=1S/C18H26N4OS/c1-18(2,3)16-11-15(19-20-16)12-21-6-4-7-22(9-8-21)17(23)14-5-10-24-13-14/h5,10-11,13H,4,6-9,12H2,1-3H3,(H,19,20). The monoisotopic (exact) mass is 346 g/mol. The molecule has 0 aromatic carbocycles. The van der Waals surface area contributed by atoms with Crippen LogP contribution in [0.4, 0.5) is 0 Å². The Kier molecular flexibility index (Phi) is 5.06. The summed E-state index contributed by atoms with van der Waals surface area (Å²) in [7, 11) is 0. The number of carbonyl (C=O) groups excluding carboxylic acids is 1. The first-order valence-electron chi connectivity index (χ1n) is 8.52. The Morgan fingerprint density at radius 1 is 1.29 bits per heavy atom. The fraction of sp³-hybridized carbons (Fsp3) is 0.556. The Hall–Kier alpha value is -1.66. The molecule has 24 heavy (non-hydrogen) atoms. The number of nitrogens with zero attached hydrogens (tertiary/aromatic N) is 3. The highest BCUT2D eigenvalue weighted by Crippen LogP contribution is 2.21. The Morgan fingerprint density at radius 3 is 2.79 bits per heavy atom. The minimum atomic E-state index is 0.0668. The van der Waals surface area contributed by atoms with E-state index >= 15 is 0 Å². The zero-order valence-electron chi connectivity index (χ0n) is 14.7. The second-order valence-corrected chi connectivity index (χ2v) is 8.24. The number of aromatic nitrogens is 2. The molecule has 2 aromatic rings. The molecule has 0 atom stereocenters. The molecule has 5 nitrogen and oxygen atoms in total. The minimum Gasteiger partial charge on any atom is -0.337 e. The van der Waals surface area contributed by atoms with Crippen molar-refractivity contribution in [3.05, 3.63) is 39.8 Å². The van der Waals surface area contributed by atoms with Crippen molar-refractivity contribution in [1.82, 2.24) is 20.0 Å². The SMILES string of the molecule is CC(C)(C)c1cc(CN2CCCN(C(=O)c3ccsc3)CC2)[nH]n1. The molecular formula is C18H26N4OS. The molecule has 1 amide bonds. The molecule has 1 fully saturated rings. The highest BCUT2D eigenvalue weighted by atomic mass is 32.1. The summed E-state index contributed by atoms with van der Waals surface area (Å²) in [5.74, 6) is 0.162. The third kappa shape index (κ3) is 4.05. The van der Waals surface area contributed by atoms with Crippen LogP contribution in [0.2, 0.25) is 0 Å². The summed E-state index contributed by atoms with van der Waals surface area (Å²) in [6.45, 7) is 10.9. The van der Waals surface area contributed by atoms with E-state index in [1.165, 1.54) is 0 Å². The van der Waals surface area contributed by atoms with Crippen molar-refractivity contribution in [2.75, 3.05) is 26.2 Å². The topological polar surface area (TPSA) is 52.2 Å². The maximum atomic E-state index is 12.5. The van der Waals surface area contributed by atoms with Gasteiger partial charge >= 0.3 is 0 Å². The number of aromatic amines is 1. The molecule has 3 heterocycles. The summed E-state index contributed by atoms with van der Waals surface area (Å²) in [6, 6.07) is 4.08. The number of hydrogen-bond donors (Lipinski definition) is 1. The molecule has 1 aliphatic rings. The van der Waals surface area contributed by atoms with Gasteiger partial charge in [0.15, 0.2) is 0 Å². The van der Waals surface area contributed by atoms with Crippen molar-refractivity contribution < 1.29 is 4.79 Å². The Balaban J connectivity index is 1.58. The van der Waals surface area contributed by atoms with E-state index in [0.29, 0.717) is 0 Å². The number of nitrogens with one attached hydrogen (secondary N) is 1. The molecule has 1 saturated heterocycles. The number of carbonyl (C=O) groups is 1. The van der Waals surface area contributed by atoms with Crippen LogP contribution in [0.5, 0.6) is 0 Å². The van der Waals surface area contributed by atoms with Gasteiger partial charge in [-0.3, -0.25) is 14.8 Å². The lowest BCUT2D eigenvalue weighted by Crippen LogP contribution is -2.34. The van der Waals surface area contributed by atoms with Crippen molar-refractivity contribution in [1.29, 1.82) is 0 Å². The summed E-state index contributed by atoms with van der Waals surface area (Å²) in [4.78, 5) is 16.9. The summed E-state index contributed by atoms with van der Waals surface area (Å²) in [5.41, 5.74) is 3.13. The van der Waals surface area contributed by atoms with Crippen LogP contribution < -0.4 is 0 Å². The van der Waals surface area contributed by atoms with E-state index in [1.807, 2.05) is 21.7 Å². The third-order valence-corrected chi connectivity index (χ3v) is 5.12. The molecule has 0 unspecified atom stereocenters. The fourth-order valence-electron chi connectivity index (χ4n) is 2.97. The van der Waals surface area contributed by atoms with Gasteiger partial charge in [0.25, 0.3) is 5.91 Å². The Morgan fingerprint density at radius 2 is 2.12 bits per heavy atom. The second kappa shape index (κ2) is 7.07. The zero-order valence-corrected chi connectivity index (χ0v) is 15.5. The molecular weight excluding hydrogens is 320 g/mol. The molecule has 1 aliphatic heterocycles. The molecule has 0 aliphatic carbocycles. The molecule has 0 radical (unpaired) electrons. The van der Waals surface area contributed by atoms with Crippen LogP contribution in [0.15, 0.2) is 22.9 Å². The first kappa shape index (κ1) is 17.2. The lowest BCUT2D eigenvalue weighted by molar-refractivity contribution is 0.0761. The predicted molar refractivity (Wildman–Crippen MR) is 97.4 cm³/mol. The largest absolute Gasteiger partial charge is 0.337 e. The maximum absolute atomic E-state index is 12.5. The van der Waals surface area contributed by atoms with Crippen LogP contribution >= 0.6 is 11.3 Å². The lowest BCUT2D eigenvalue weighted by atomic mass is 9.92. The first-order valence-corrected chi connectivity index (χ1v) is 9.46. The minimum absolute atomic E-state index is 0.0668. The maximum Gasteiger partial charge on any atom is 0.254 e. The van der Waals surface area contributed by atoms with E-state index < -0.39 is 0 Å². The molecule has 2 aromatic heterocycles. The zero-order chi connectivity index (χ0) is 17.2. The quantitative estimate of drug-likeness (QED) is 0.929. The van der Waals surface area contributed by atoms with E-state index in [4.69, 9.17) is 0 Å². The van der Waals surface area contributed by atoms with Gasteiger partial charge in [0.2, 0.25) is 0 Å². The van der Waals surface area contributed by atoms with E-state index in [9.17, 15) is 4.79 Å². The second-order valence-electron chi connectivity index (χ2n) is 7.46.